The number of hydrogen-bond donors (Lipinski definition) is 0. The first-order valence-corrected chi connectivity index (χ1v) is 4.57. The van der Waals surface area contributed by atoms with Gasteiger partial charge in [0.05, 0.1) is 6.10 Å². The van der Waals surface area contributed by atoms with Crippen LogP contribution in [0.3, 0.4) is 0 Å². The molecule has 1 rings (SSSR count). The van der Waals surface area contributed by atoms with Crippen molar-refractivity contribution < 1.29 is 4.74 Å². The molecule has 1 fully saturated rings. The summed E-state index contributed by atoms with van der Waals surface area (Å²) >= 11 is 0. The van der Waals surface area contributed by atoms with E-state index in [1.54, 1.807) is 0 Å². The second-order valence-corrected chi connectivity index (χ2v) is 3.35. The molecule has 2 heteroatoms. The van der Waals surface area contributed by atoms with Crippen molar-refractivity contribution in [2.75, 3.05) is 20.2 Å². The van der Waals surface area contributed by atoms with Crippen molar-refractivity contribution in [3.8, 4) is 0 Å². The number of nitrogens with zero attached hydrogens (tertiary/aromatic N) is 1. The molecule has 0 amide bonds. The highest BCUT2D eigenvalue weighted by Crippen LogP contribution is 2.19. The molecule has 0 bridgehead atoms. The van der Waals surface area contributed by atoms with Gasteiger partial charge in [-0.3, -0.25) is 0 Å². The van der Waals surface area contributed by atoms with E-state index < -0.39 is 0 Å². The first-order valence-electron chi connectivity index (χ1n) is 4.57. The fourth-order valence-corrected chi connectivity index (χ4v) is 1.90. The summed E-state index contributed by atoms with van der Waals surface area (Å²) in [5.74, 6) is 0. The van der Waals surface area contributed by atoms with E-state index in [4.69, 9.17) is 4.74 Å². The number of likely N-dealkylation sites (N-methyl/N-ethyl adjacent to an activating group) is 1. The molecule has 0 saturated carbocycles. The van der Waals surface area contributed by atoms with Crippen molar-refractivity contribution in [1.82, 2.24) is 4.90 Å². The Kier molecular flexibility index (Phi) is 3.34. The summed E-state index contributed by atoms with van der Waals surface area (Å²) in [6.07, 6.45) is 3.04. The Morgan fingerprint density at radius 3 is 2.82 bits per heavy atom. The monoisotopic (exact) mass is 157 g/mol. The average molecular weight is 157 g/mol. The van der Waals surface area contributed by atoms with Gasteiger partial charge in [-0.25, -0.2) is 0 Å². The van der Waals surface area contributed by atoms with Crippen molar-refractivity contribution in [1.29, 1.82) is 0 Å². The van der Waals surface area contributed by atoms with Crippen LogP contribution >= 0.6 is 0 Å². The molecule has 0 radical (unpaired) electrons. The molecule has 2 atom stereocenters. The first kappa shape index (κ1) is 9.01. The van der Waals surface area contributed by atoms with Gasteiger partial charge in [-0.2, -0.15) is 0 Å². The molecule has 1 aliphatic heterocycles. The van der Waals surface area contributed by atoms with Crippen molar-refractivity contribution in [2.24, 2.45) is 0 Å². The molecule has 1 heterocycles. The second kappa shape index (κ2) is 4.07. The SMILES string of the molecule is CCO[C@H](C)[C@H]1CCCN1C. The third kappa shape index (κ3) is 2.17. The van der Waals surface area contributed by atoms with Crippen LogP contribution in [0.4, 0.5) is 0 Å². The van der Waals surface area contributed by atoms with E-state index in [0.717, 1.165) is 6.61 Å². The highest BCUT2D eigenvalue weighted by molar-refractivity contribution is 4.81. The van der Waals surface area contributed by atoms with Crippen LogP contribution in [0, 0.1) is 0 Å². The zero-order valence-electron chi connectivity index (χ0n) is 7.84. The van der Waals surface area contributed by atoms with Gasteiger partial charge in [0.2, 0.25) is 0 Å². The Balaban J connectivity index is 2.33. The van der Waals surface area contributed by atoms with E-state index >= 15 is 0 Å². The minimum absolute atomic E-state index is 0.410. The van der Waals surface area contributed by atoms with Gasteiger partial charge in [-0.05, 0) is 40.3 Å². The molecule has 0 aromatic rings. The third-order valence-electron chi connectivity index (χ3n) is 2.55. The Morgan fingerprint density at radius 1 is 1.64 bits per heavy atom. The van der Waals surface area contributed by atoms with Gasteiger partial charge >= 0.3 is 0 Å². The quantitative estimate of drug-likeness (QED) is 0.615. The van der Waals surface area contributed by atoms with E-state index in [0.29, 0.717) is 12.1 Å². The molecule has 0 aromatic carbocycles. The Morgan fingerprint density at radius 2 is 2.36 bits per heavy atom. The van der Waals surface area contributed by atoms with Gasteiger partial charge < -0.3 is 9.64 Å². The van der Waals surface area contributed by atoms with Gasteiger partial charge in [0.25, 0.3) is 0 Å². The van der Waals surface area contributed by atoms with Crippen LogP contribution in [0.1, 0.15) is 26.7 Å². The molecule has 0 unspecified atom stereocenters. The minimum Gasteiger partial charge on any atom is -0.377 e. The van der Waals surface area contributed by atoms with Crippen LogP contribution in [0.5, 0.6) is 0 Å². The van der Waals surface area contributed by atoms with Crippen LogP contribution in [0.2, 0.25) is 0 Å². The molecule has 0 aliphatic carbocycles. The predicted octanol–water partition coefficient (Wildman–Crippen LogP) is 1.51. The fraction of sp³-hybridized carbons (Fsp3) is 1.00. The summed E-state index contributed by atoms with van der Waals surface area (Å²) in [5.41, 5.74) is 0. The highest BCUT2D eigenvalue weighted by atomic mass is 16.5. The predicted molar refractivity (Wildman–Crippen MR) is 46.7 cm³/mol. The Bertz CT molecular complexity index is 116. The lowest BCUT2D eigenvalue weighted by atomic mass is 10.1. The van der Waals surface area contributed by atoms with E-state index in [9.17, 15) is 0 Å². The molecule has 0 aromatic heterocycles. The number of ether oxygens (including phenoxy) is 1. The molecular weight excluding hydrogens is 138 g/mol. The van der Waals surface area contributed by atoms with E-state index in [1.807, 2.05) is 0 Å². The van der Waals surface area contributed by atoms with Gasteiger partial charge in [-0.1, -0.05) is 0 Å². The fourth-order valence-electron chi connectivity index (χ4n) is 1.90. The molecular formula is C9H19NO. The van der Waals surface area contributed by atoms with Gasteiger partial charge in [-0.15, -0.1) is 0 Å². The molecule has 1 aliphatic rings. The smallest absolute Gasteiger partial charge is 0.0701 e. The minimum atomic E-state index is 0.410. The summed E-state index contributed by atoms with van der Waals surface area (Å²) in [6.45, 7) is 6.31. The maximum atomic E-state index is 5.55. The molecule has 0 spiro atoms. The third-order valence-corrected chi connectivity index (χ3v) is 2.55. The van der Waals surface area contributed by atoms with E-state index in [-0.39, 0.29) is 0 Å². The zero-order valence-corrected chi connectivity index (χ0v) is 7.84. The van der Waals surface area contributed by atoms with Crippen LogP contribution < -0.4 is 0 Å². The average Bonchev–Trinajstić information content (AvgIpc) is 2.36. The molecule has 11 heavy (non-hydrogen) atoms. The maximum absolute atomic E-state index is 5.55. The van der Waals surface area contributed by atoms with Crippen molar-refractivity contribution in [2.45, 2.75) is 38.8 Å². The Hall–Kier alpha value is -0.0800. The normalized spacial score (nSPS) is 29.2. The topological polar surface area (TPSA) is 12.5 Å². The largest absolute Gasteiger partial charge is 0.377 e. The summed E-state index contributed by atoms with van der Waals surface area (Å²) < 4.78 is 5.55. The lowest BCUT2D eigenvalue weighted by Gasteiger charge is -2.25. The van der Waals surface area contributed by atoms with Gasteiger partial charge in [0, 0.05) is 12.6 Å². The van der Waals surface area contributed by atoms with E-state index in [1.165, 1.54) is 19.4 Å². The van der Waals surface area contributed by atoms with Crippen molar-refractivity contribution >= 4 is 0 Å². The van der Waals surface area contributed by atoms with Crippen LogP contribution in [0.15, 0.2) is 0 Å². The van der Waals surface area contributed by atoms with Crippen molar-refractivity contribution in [3.05, 3.63) is 0 Å². The number of likely N-dealkylation sites (tertiary alicyclic amines) is 1. The number of rotatable bonds is 3. The first-order chi connectivity index (χ1) is 5.25. The zero-order chi connectivity index (χ0) is 8.27. The highest BCUT2D eigenvalue weighted by Gasteiger charge is 2.26. The summed E-state index contributed by atoms with van der Waals surface area (Å²) in [6, 6.07) is 0.662. The Labute approximate surface area is 69.5 Å². The van der Waals surface area contributed by atoms with Crippen LogP contribution in [-0.4, -0.2) is 37.2 Å². The lowest BCUT2D eigenvalue weighted by Crippen LogP contribution is -2.36. The standard InChI is InChI=1S/C9H19NO/c1-4-11-8(2)9-6-5-7-10(9)3/h8-9H,4-7H2,1-3H3/t8-,9-/m1/s1. The van der Waals surface area contributed by atoms with Crippen LogP contribution in [0.25, 0.3) is 0 Å². The molecule has 0 N–H and O–H groups in total. The van der Waals surface area contributed by atoms with Crippen LogP contribution in [-0.2, 0) is 4.74 Å². The van der Waals surface area contributed by atoms with Crippen molar-refractivity contribution in [3.63, 3.8) is 0 Å². The lowest BCUT2D eigenvalue weighted by molar-refractivity contribution is 0.0236. The second-order valence-electron chi connectivity index (χ2n) is 3.35. The van der Waals surface area contributed by atoms with Gasteiger partial charge in [0.1, 0.15) is 0 Å². The summed E-state index contributed by atoms with van der Waals surface area (Å²) in [7, 11) is 2.19. The molecule has 66 valence electrons. The number of hydrogen-bond acceptors (Lipinski definition) is 2. The summed E-state index contributed by atoms with van der Waals surface area (Å²) in [4.78, 5) is 2.40. The van der Waals surface area contributed by atoms with Gasteiger partial charge in [0.15, 0.2) is 0 Å². The summed E-state index contributed by atoms with van der Waals surface area (Å²) in [5, 5.41) is 0. The maximum Gasteiger partial charge on any atom is 0.0701 e. The molecule has 1 saturated heterocycles. The molecule has 2 nitrogen and oxygen atoms in total. The van der Waals surface area contributed by atoms with E-state index in [2.05, 4.69) is 25.8 Å².